The zero-order valence-electron chi connectivity index (χ0n) is 9.33. The third-order valence-corrected chi connectivity index (χ3v) is 3.15. The van der Waals surface area contributed by atoms with Gasteiger partial charge in [-0.3, -0.25) is 4.90 Å². The lowest BCUT2D eigenvalue weighted by Crippen LogP contribution is -2.48. The normalized spacial score (nSPS) is 18.6. The van der Waals surface area contributed by atoms with E-state index in [9.17, 15) is 0 Å². The molecule has 1 nitrogen and oxygen atoms in total. The summed E-state index contributed by atoms with van der Waals surface area (Å²) in [4.78, 5) is 2.52. The topological polar surface area (TPSA) is 3.24 Å². The van der Waals surface area contributed by atoms with Crippen LogP contribution >= 0.6 is 0 Å². The molecule has 1 aliphatic heterocycles. The Morgan fingerprint density at radius 3 is 2.57 bits per heavy atom. The third kappa shape index (κ3) is 1.83. The fraction of sp³-hybridized carbons (Fsp3) is 0.538. The summed E-state index contributed by atoms with van der Waals surface area (Å²) in [5.74, 6) is 0.775. The predicted molar refractivity (Wildman–Crippen MR) is 60.6 cm³/mol. The maximum Gasteiger partial charge on any atom is 0.00939 e. The fourth-order valence-corrected chi connectivity index (χ4v) is 2.07. The van der Waals surface area contributed by atoms with Crippen molar-refractivity contribution in [2.75, 3.05) is 13.1 Å². The Labute approximate surface area is 86.7 Å². The fourth-order valence-electron chi connectivity index (χ4n) is 2.07. The minimum Gasteiger partial charge on any atom is -0.300 e. The summed E-state index contributed by atoms with van der Waals surface area (Å²) in [7, 11) is 0. The van der Waals surface area contributed by atoms with Crippen molar-refractivity contribution in [3.63, 3.8) is 0 Å². The maximum atomic E-state index is 2.52. The second-order valence-electron chi connectivity index (χ2n) is 4.66. The van der Waals surface area contributed by atoms with Crippen molar-refractivity contribution < 1.29 is 0 Å². The maximum absolute atomic E-state index is 2.52. The van der Waals surface area contributed by atoms with Crippen LogP contribution in [0.15, 0.2) is 24.3 Å². The minimum atomic E-state index is 0.705. The first-order valence-corrected chi connectivity index (χ1v) is 5.47. The second-order valence-corrected chi connectivity index (χ2v) is 4.66. The molecule has 1 saturated heterocycles. The van der Waals surface area contributed by atoms with Crippen molar-refractivity contribution in [1.82, 2.24) is 4.90 Å². The average molecular weight is 189 g/mol. The summed E-state index contributed by atoms with van der Waals surface area (Å²) < 4.78 is 0. The molecule has 1 fully saturated rings. The molecule has 0 saturated carbocycles. The smallest absolute Gasteiger partial charge is 0.00939 e. The second kappa shape index (κ2) is 3.74. The van der Waals surface area contributed by atoms with Gasteiger partial charge in [0.1, 0.15) is 0 Å². The van der Waals surface area contributed by atoms with Gasteiger partial charge in [0.05, 0.1) is 0 Å². The molecule has 1 aromatic carbocycles. The van der Waals surface area contributed by atoms with Crippen LogP contribution in [-0.2, 0) is 0 Å². The summed E-state index contributed by atoms with van der Waals surface area (Å²) in [6.07, 6.45) is 0. The van der Waals surface area contributed by atoms with Gasteiger partial charge in [-0.1, -0.05) is 29.8 Å². The van der Waals surface area contributed by atoms with Crippen molar-refractivity contribution in [3.8, 4) is 0 Å². The van der Waals surface area contributed by atoms with Crippen LogP contribution in [0.5, 0.6) is 0 Å². The Kier molecular flexibility index (Phi) is 2.60. The Hall–Kier alpha value is -0.820. The third-order valence-electron chi connectivity index (χ3n) is 3.15. The van der Waals surface area contributed by atoms with Gasteiger partial charge in [0.2, 0.25) is 0 Å². The summed E-state index contributed by atoms with van der Waals surface area (Å²) in [6, 6.07) is 9.62. The summed E-state index contributed by atoms with van der Waals surface area (Å²) in [5.41, 5.74) is 2.90. The van der Waals surface area contributed by atoms with E-state index in [4.69, 9.17) is 0 Å². The highest BCUT2D eigenvalue weighted by Crippen LogP contribution is 2.28. The molecule has 0 N–H and O–H groups in total. The van der Waals surface area contributed by atoms with Crippen LogP contribution < -0.4 is 0 Å². The Bertz CT molecular complexity index is 311. The van der Waals surface area contributed by atoms with Gasteiger partial charge in [-0.15, -0.1) is 0 Å². The molecule has 0 unspecified atom stereocenters. The Morgan fingerprint density at radius 1 is 1.29 bits per heavy atom. The van der Waals surface area contributed by atoms with Gasteiger partial charge in [-0.25, -0.2) is 0 Å². The van der Waals surface area contributed by atoms with Gasteiger partial charge >= 0.3 is 0 Å². The molecule has 0 spiro atoms. The van der Waals surface area contributed by atoms with Crippen LogP contribution in [-0.4, -0.2) is 24.0 Å². The molecule has 0 atom stereocenters. The van der Waals surface area contributed by atoms with Gasteiger partial charge in [0, 0.05) is 25.0 Å². The summed E-state index contributed by atoms with van der Waals surface area (Å²) in [6.45, 7) is 9.18. The molecule has 76 valence electrons. The van der Waals surface area contributed by atoms with Crippen LogP contribution in [0.4, 0.5) is 0 Å². The van der Waals surface area contributed by atoms with E-state index >= 15 is 0 Å². The lowest BCUT2D eigenvalue weighted by molar-refractivity contribution is 0.110. The van der Waals surface area contributed by atoms with Gasteiger partial charge in [-0.2, -0.15) is 0 Å². The first-order chi connectivity index (χ1) is 6.66. The molecule has 14 heavy (non-hydrogen) atoms. The van der Waals surface area contributed by atoms with Crippen molar-refractivity contribution >= 4 is 0 Å². The van der Waals surface area contributed by atoms with Crippen LogP contribution in [0, 0.1) is 6.92 Å². The van der Waals surface area contributed by atoms with Crippen LogP contribution in [0.25, 0.3) is 0 Å². The highest BCUT2D eigenvalue weighted by Gasteiger charge is 2.29. The average Bonchev–Trinajstić information content (AvgIpc) is 2.00. The van der Waals surface area contributed by atoms with Crippen molar-refractivity contribution in [2.45, 2.75) is 32.7 Å². The Morgan fingerprint density at radius 2 is 2.00 bits per heavy atom. The molecule has 1 heteroatoms. The molecule has 1 heterocycles. The van der Waals surface area contributed by atoms with Gasteiger partial charge < -0.3 is 0 Å². The van der Waals surface area contributed by atoms with E-state index in [2.05, 4.69) is 49.9 Å². The summed E-state index contributed by atoms with van der Waals surface area (Å²) >= 11 is 0. The minimum absolute atomic E-state index is 0.705. The molecule has 0 amide bonds. The lowest BCUT2D eigenvalue weighted by atomic mass is 9.89. The van der Waals surface area contributed by atoms with E-state index in [1.807, 2.05) is 0 Å². The molecule has 0 radical (unpaired) electrons. The Balaban J connectivity index is 2.00. The first-order valence-electron chi connectivity index (χ1n) is 5.47. The highest BCUT2D eigenvalue weighted by atomic mass is 15.2. The molecule has 1 aliphatic rings. The quantitative estimate of drug-likeness (QED) is 0.691. The first kappa shape index (κ1) is 9.72. The number of aryl methyl sites for hydroxylation is 1. The zero-order valence-corrected chi connectivity index (χ0v) is 9.33. The molecular formula is C13H19N. The van der Waals surface area contributed by atoms with E-state index in [0.717, 1.165) is 5.92 Å². The predicted octanol–water partition coefficient (Wildman–Crippen LogP) is 2.80. The summed E-state index contributed by atoms with van der Waals surface area (Å²) in [5, 5.41) is 0. The SMILES string of the molecule is Cc1cccc(C2CN(C(C)C)C2)c1. The van der Waals surface area contributed by atoms with E-state index in [1.165, 1.54) is 24.2 Å². The van der Waals surface area contributed by atoms with E-state index in [1.54, 1.807) is 0 Å². The zero-order chi connectivity index (χ0) is 10.1. The van der Waals surface area contributed by atoms with Gasteiger partial charge in [0.15, 0.2) is 0 Å². The largest absolute Gasteiger partial charge is 0.300 e. The number of likely N-dealkylation sites (tertiary alicyclic amines) is 1. The lowest BCUT2D eigenvalue weighted by Gasteiger charge is -2.42. The van der Waals surface area contributed by atoms with E-state index in [-0.39, 0.29) is 0 Å². The van der Waals surface area contributed by atoms with Crippen molar-refractivity contribution in [3.05, 3.63) is 35.4 Å². The van der Waals surface area contributed by atoms with Crippen LogP contribution in [0.1, 0.15) is 30.9 Å². The highest BCUT2D eigenvalue weighted by molar-refractivity contribution is 5.27. The van der Waals surface area contributed by atoms with Crippen molar-refractivity contribution in [1.29, 1.82) is 0 Å². The number of hydrogen-bond acceptors (Lipinski definition) is 1. The van der Waals surface area contributed by atoms with E-state index in [0.29, 0.717) is 6.04 Å². The molecule has 0 aliphatic carbocycles. The number of nitrogens with zero attached hydrogens (tertiary/aromatic N) is 1. The van der Waals surface area contributed by atoms with E-state index < -0.39 is 0 Å². The number of rotatable bonds is 2. The van der Waals surface area contributed by atoms with Crippen molar-refractivity contribution in [2.24, 2.45) is 0 Å². The standard InChI is InChI=1S/C13H19N/c1-10(2)14-8-13(9-14)12-6-4-5-11(3)7-12/h4-7,10,13H,8-9H2,1-3H3. The molecular weight excluding hydrogens is 170 g/mol. The monoisotopic (exact) mass is 189 g/mol. The molecule has 1 aromatic rings. The molecule has 2 rings (SSSR count). The van der Waals surface area contributed by atoms with Gasteiger partial charge in [-0.05, 0) is 26.3 Å². The number of hydrogen-bond donors (Lipinski definition) is 0. The molecule has 0 bridgehead atoms. The van der Waals surface area contributed by atoms with Gasteiger partial charge in [0.25, 0.3) is 0 Å². The van der Waals surface area contributed by atoms with Crippen LogP contribution in [0.3, 0.4) is 0 Å². The van der Waals surface area contributed by atoms with Crippen LogP contribution in [0.2, 0.25) is 0 Å². The molecule has 0 aromatic heterocycles. The number of benzene rings is 1.